The average molecular weight is 662 g/mol. The number of barbiturate groups is 1. The molecular formula is C27H21ClIN3O7. The van der Waals surface area contributed by atoms with E-state index in [1.807, 2.05) is 22.6 Å². The number of urea groups is 1. The predicted octanol–water partition coefficient (Wildman–Crippen LogP) is 4.73. The number of aromatic hydroxyl groups is 1. The molecule has 3 aromatic rings. The maximum absolute atomic E-state index is 13.1. The quantitative estimate of drug-likeness (QED) is 0.181. The van der Waals surface area contributed by atoms with E-state index < -0.39 is 23.8 Å². The van der Waals surface area contributed by atoms with Crippen LogP contribution in [0, 0.1) is 3.57 Å². The number of ether oxygens (including phenoxy) is 2. The van der Waals surface area contributed by atoms with Gasteiger partial charge in [-0.05, 0) is 102 Å². The summed E-state index contributed by atoms with van der Waals surface area (Å²) in [5.41, 5.74) is 0.889. The number of nitrogens with one attached hydrogen (secondary N) is 2. The van der Waals surface area contributed by atoms with Gasteiger partial charge in [-0.15, -0.1) is 0 Å². The zero-order chi connectivity index (χ0) is 28.1. The summed E-state index contributed by atoms with van der Waals surface area (Å²) in [6.45, 7) is 1.75. The Morgan fingerprint density at radius 3 is 2.44 bits per heavy atom. The standard InChI is InChI=1S/C27H21ClIN3O7/c1-2-38-22-13-15(12-21(29)24(22)39-14-23(34)30-17-5-3-16(28)4-6-17)11-20-25(35)31-27(37)32(26(20)36)18-7-9-19(33)10-8-18/h3-13,33H,2,14H2,1H3,(H,30,34)(H,31,35,37)/b20-11+. The van der Waals surface area contributed by atoms with Crippen molar-refractivity contribution in [3.8, 4) is 17.2 Å². The zero-order valence-corrected chi connectivity index (χ0v) is 23.3. The van der Waals surface area contributed by atoms with Gasteiger partial charge in [-0.2, -0.15) is 0 Å². The van der Waals surface area contributed by atoms with Crippen molar-refractivity contribution in [3.05, 3.63) is 80.4 Å². The molecule has 0 atom stereocenters. The molecule has 0 spiro atoms. The fourth-order valence-corrected chi connectivity index (χ4v) is 4.51. The summed E-state index contributed by atoms with van der Waals surface area (Å²) in [6.07, 6.45) is 1.33. The number of phenols is 1. The molecule has 0 saturated carbocycles. The second kappa shape index (κ2) is 12.2. The third kappa shape index (κ3) is 6.67. The highest BCUT2D eigenvalue weighted by Crippen LogP contribution is 2.35. The molecule has 1 fully saturated rings. The summed E-state index contributed by atoms with van der Waals surface area (Å²) in [5, 5.41) is 14.9. The van der Waals surface area contributed by atoms with Crippen LogP contribution in [-0.4, -0.2) is 42.1 Å². The fourth-order valence-electron chi connectivity index (χ4n) is 3.60. The van der Waals surface area contributed by atoms with E-state index in [0.29, 0.717) is 31.3 Å². The number of halogens is 2. The Hall–Kier alpha value is -4.10. The molecule has 1 aliphatic rings. The number of rotatable bonds is 8. The molecule has 0 aromatic heterocycles. The Kier molecular flexibility index (Phi) is 8.72. The third-order valence-electron chi connectivity index (χ3n) is 5.33. The first-order chi connectivity index (χ1) is 18.7. The van der Waals surface area contributed by atoms with Crippen LogP contribution >= 0.6 is 34.2 Å². The van der Waals surface area contributed by atoms with Crippen molar-refractivity contribution in [2.45, 2.75) is 6.92 Å². The van der Waals surface area contributed by atoms with Crippen molar-refractivity contribution < 1.29 is 33.8 Å². The summed E-state index contributed by atoms with van der Waals surface area (Å²) in [5.74, 6) is -1.52. The van der Waals surface area contributed by atoms with Gasteiger partial charge in [0.15, 0.2) is 18.1 Å². The number of nitrogens with zero attached hydrogens (tertiary/aromatic N) is 1. The zero-order valence-electron chi connectivity index (χ0n) is 20.4. The van der Waals surface area contributed by atoms with Gasteiger partial charge in [0.1, 0.15) is 11.3 Å². The largest absolute Gasteiger partial charge is 0.508 e. The second-order valence-electron chi connectivity index (χ2n) is 8.08. The molecule has 10 nitrogen and oxygen atoms in total. The topological polar surface area (TPSA) is 134 Å². The molecule has 4 rings (SSSR count). The van der Waals surface area contributed by atoms with Gasteiger partial charge in [0.05, 0.1) is 15.9 Å². The molecule has 3 N–H and O–H groups in total. The molecule has 3 aromatic carbocycles. The van der Waals surface area contributed by atoms with Crippen molar-refractivity contribution in [2.24, 2.45) is 0 Å². The minimum atomic E-state index is -0.905. The number of amides is 5. The minimum absolute atomic E-state index is 0.0433. The molecule has 1 saturated heterocycles. The summed E-state index contributed by atoms with van der Waals surface area (Å²) in [7, 11) is 0. The first-order valence-corrected chi connectivity index (χ1v) is 13.0. The molecule has 12 heteroatoms. The van der Waals surface area contributed by atoms with E-state index in [-0.39, 0.29) is 30.2 Å². The molecular weight excluding hydrogens is 641 g/mol. The summed E-state index contributed by atoms with van der Waals surface area (Å²) in [6, 6.07) is 14.3. The number of anilines is 2. The van der Waals surface area contributed by atoms with E-state index in [1.165, 1.54) is 30.3 Å². The van der Waals surface area contributed by atoms with E-state index in [1.54, 1.807) is 43.3 Å². The monoisotopic (exact) mass is 661 g/mol. The van der Waals surface area contributed by atoms with Crippen molar-refractivity contribution in [2.75, 3.05) is 23.4 Å². The summed E-state index contributed by atoms with van der Waals surface area (Å²) < 4.78 is 12.0. The number of hydrogen-bond donors (Lipinski definition) is 3. The minimum Gasteiger partial charge on any atom is -0.508 e. The highest BCUT2D eigenvalue weighted by atomic mass is 127. The number of carbonyl (C=O) groups is 4. The first-order valence-electron chi connectivity index (χ1n) is 11.5. The van der Waals surface area contributed by atoms with Crippen LogP contribution in [0.5, 0.6) is 17.2 Å². The molecule has 1 heterocycles. The lowest BCUT2D eigenvalue weighted by Crippen LogP contribution is -2.54. The number of benzene rings is 3. The van der Waals surface area contributed by atoms with Crippen LogP contribution in [0.4, 0.5) is 16.2 Å². The maximum atomic E-state index is 13.1. The van der Waals surface area contributed by atoms with Gasteiger partial charge in [-0.1, -0.05) is 11.6 Å². The Morgan fingerprint density at radius 2 is 1.77 bits per heavy atom. The van der Waals surface area contributed by atoms with Crippen molar-refractivity contribution in [1.29, 1.82) is 0 Å². The van der Waals surface area contributed by atoms with Crippen LogP contribution in [-0.2, 0) is 14.4 Å². The Balaban J connectivity index is 1.57. The van der Waals surface area contributed by atoms with Crippen LogP contribution in [0.3, 0.4) is 0 Å². The Labute approximate surface area is 241 Å². The molecule has 200 valence electrons. The molecule has 39 heavy (non-hydrogen) atoms. The van der Waals surface area contributed by atoms with E-state index in [0.717, 1.165) is 4.90 Å². The lowest BCUT2D eigenvalue weighted by Gasteiger charge is -2.26. The number of carbonyl (C=O) groups excluding carboxylic acids is 4. The van der Waals surface area contributed by atoms with E-state index in [4.69, 9.17) is 21.1 Å². The second-order valence-corrected chi connectivity index (χ2v) is 9.68. The van der Waals surface area contributed by atoms with E-state index in [9.17, 15) is 24.3 Å². The normalized spacial score (nSPS) is 14.3. The van der Waals surface area contributed by atoms with Gasteiger partial charge in [-0.3, -0.25) is 19.7 Å². The highest BCUT2D eigenvalue weighted by Gasteiger charge is 2.37. The third-order valence-corrected chi connectivity index (χ3v) is 6.38. The predicted molar refractivity (Wildman–Crippen MR) is 153 cm³/mol. The summed E-state index contributed by atoms with van der Waals surface area (Å²) in [4.78, 5) is 51.3. The van der Waals surface area contributed by atoms with Crippen molar-refractivity contribution in [1.82, 2.24) is 5.32 Å². The SMILES string of the molecule is CCOc1cc(/C=C2\C(=O)NC(=O)N(c3ccc(O)cc3)C2=O)cc(I)c1OCC(=O)Nc1ccc(Cl)cc1. The van der Waals surface area contributed by atoms with Crippen molar-refractivity contribution in [3.63, 3.8) is 0 Å². The van der Waals surface area contributed by atoms with Crippen LogP contribution < -0.4 is 25.0 Å². The highest BCUT2D eigenvalue weighted by molar-refractivity contribution is 14.1. The van der Waals surface area contributed by atoms with Crippen molar-refractivity contribution >= 4 is 75.4 Å². The lowest BCUT2D eigenvalue weighted by atomic mass is 10.1. The van der Waals surface area contributed by atoms with Gasteiger partial charge in [0.25, 0.3) is 17.7 Å². The van der Waals surface area contributed by atoms with Crippen LogP contribution in [0.15, 0.2) is 66.2 Å². The van der Waals surface area contributed by atoms with Gasteiger partial charge < -0.3 is 19.9 Å². The number of hydrogen-bond acceptors (Lipinski definition) is 7. The Bertz CT molecular complexity index is 1470. The molecule has 5 amide bonds. The fraction of sp³-hybridized carbons (Fsp3) is 0.111. The molecule has 0 radical (unpaired) electrons. The first kappa shape index (κ1) is 27.9. The number of imide groups is 2. The Morgan fingerprint density at radius 1 is 1.08 bits per heavy atom. The van der Waals surface area contributed by atoms with E-state index in [2.05, 4.69) is 10.6 Å². The lowest BCUT2D eigenvalue weighted by molar-refractivity contribution is -0.122. The average Bonchev–Trinajstić information content (AvgIpc) is 2.88. The van der Waals surface area contributed by atoms with Crippen LogP contribution in [0.25, 0.3) is 6.08 Å². The van der Waals surface area contributed by atoms with Gasteiger partial charge in [0, 0.05) is 10.7 Å². The van der Waals surface area contributed by atoms with Gasteiger partial charge >= 0.3 is 6.03 Å². The van der Waals surface area contributed by atoms with Crippen LogP contribution in [0.2, 0.25) is 5.02 Å². The summed E-state index contributed by atoms with van der Waals surface area (Å²) >= 11 is 7.86. The molecule has 0 bridgehead atoms. The maximum Gasteiger partial charge on any atom is 0.335 e. The smallest absolute Gasteiger partial charge is 0.335 e. The molecule has 0 unspecified atom stereocenters. The van der Waals surface area contributed by atoms with Crippen LogP contribution in [0.1, 0.15) is 12.5 Å². The molecule has 0 aliphatic carbocycles. The van der Waals surface area contributed by atoms with Gasteiger partial charge in [0.2, 0.25) is 0 Å². The van der Waals surface area contributed by atoms with Gasteiger partial charge in [-0.25, -0.2) is 9.69 Å². The molecule has 1 aliphatic heterocycles. The van der Waals surface area contributed by atoms with E-state index >= 15 is 0 Å². The number of phenolic OH excluding ortho intramolecular Hbond substituents is 1.